The third kappa shape index (κ3) is 2.80. The van der Waals surface area contributed by atoms with Gasteiger partial charge in [0.15, 0.2) is 5.82 Å². The molecule has 1 saturated carbocycles. The highest BCUT2D eigenvalue weighted by Gasteiger charge is 2.41. The van der Waals surface area contributed by atoms with E-state index in [2.05, 4.69) is 20.8 Å². The fourth-order valence-corrected chi connectivity index (χ4v) is 2.73. The predicted molar refractivity (Wildman–Crippen MR) is 82.9 cm³/mol. The maximum Gasteiger partial charge on any atom is 0.307 e. The fraction of sp³-hybridized carbons (Fsp3) is 0.400. The van der Waals surface area contributed by atoms with Crippen LogP contribution in [0.4, 0.5) is 5.69 Å². The molecule has 3 rings (SSSR count). The van der Waals surface area contributed by atoms with Crippen LogP contribution >= 0.6 is 0 Å². The molecule has 1 fully saturated rings. The van der Waals surface area contributed by atoms with Crippen LogP contribution in [0.3, 0.4) is 0 Å². The average molecular weight is 331 g/mol. The first-order chi connectivity index (χ1) is 11.5. The molecule has 2 aromatic rings. The van der Waals surface area contributed by atoms with E-state index in [1.807, 2.05) is 0 Å². The number of tetrazole rings is 1. The first-order valence-electron chi connectivity index (χ1n) is 7.48. The summed E-state index contributed by atoms with van der Waals surface area (Å²) in [4.78, 5) is 23.3. The smallest absolute Gasteiger partial charge is 0.307 e. The third-order valence-electron chi connectivity index (χ3n) is 4.23. The van der Waals surface area contributed by atoms with Crippen LogP contribution in [-0.4, -0.2) is 44.3 Å². The summed E-state index contributed by atoms with van der Waals surface area (Å²) in [7, 11) is 1.53. The SMILES string of the molecule is COc1ccc(NC(=O)C2CCC2C(=O)O)cc1-n1nnnc1C. The number of benzene rings is 1. The van der Waals surface area contributed by atoms with Gasteiger partial charge in [-0.3, -0.25) is 9.59 Å². The van der Waals surface area contributed by atoms with Gasteiger partial charge >= 0.3 is 5.97 Å². The van der Waals surface area contributed by atoms with Gasteiger partial charge in [-0.25, -0.2) is 0 Å². The third-order valence-corrected chi connectivity index (χ3v) is 4.23. The number of nitrogens with one attached hydrogen (secondary N) is 1. The molecule has 9 nitrogen and oxygen atoms in total. The van der Waals surface area contributed by atoms with Gasteiger partial charge < -0.3 is 15.2 Å². The molecule has 9 heteroatoms. The molecule has 24 heavy (non-hydrogen) atoms. The highest BCUT2D eigenvalue weighted by Crippen LogP contribution is 2.35. The Bertz CT molecular complexity index is 788. The first-order valence-corrected chi connectivity index (χ1v) is 7.48. The van der Waals surface area contributed by atoms with E-state index in [0.29, 0.717) is 35.8 Å². The topological polar surface area (TPSA) is 119 Å². The lowest BCUT2D eigenvalue weighted by Crippen LogP contribution is -2.41. The van der Waals surface area contributed by atoms with Crippen molar-refractivity contribution in [1.82, 2.24) is 20.2 Å². The molecule has 1 aliphatic carbocycles. The number of rotatable bonds is 5. The van der Waals surface area contributed by atoms with Crippen LogP contribution in [0.15, 0.2) is 18.2 Å². The Hall–Kier alpha value is -2.97. The second-order valence-corrected chi connectivity index (χ2v) is 5.64. The van der Waals surface area contributed by atoms with Crippen LogP contribution in [-0.2, 0) is 9.59 Å². The van der Waals surface area contributed by atoms with Crippen molar-refractivity contribution in [3.63, 3.8) is 0 Å². The lowest BCUT2D eigenvalue weighted by Gasteiger charge is -2.31. The Morgan fingerprint density at radius 3 is 2.62 bits per heavy atom. The van der Waals surface area contributed by atoms with E-state index in [4.69, 9.17) is 9.84 Å². The van der Waals surface area contributed by atoms with E-state index in [1.165, 1.54) is 11.8 Å². The number of aromatic nitrogens is 4. The fourth-order valence-electron chi connectivity index (χ4n) is 2.73. The number of anilines is 1. The minimum atomic E-state index is -0.930. The van der Waals surface area contributed by atoms with Gasteiger partial charge in [0.05, 0.1) is 18.9 Å². The molecule has 2 N–H and O–H groups in total. The summed E-state index contributed by atoms with van der Waals surface area (Å²) >= 11 is 0. The number of methoxy groups -OCH3 is 1. The summed E-state index contributed by atoms with van der Waals surface area (Å²) < 4.78 is 6.80. The molecule has 0 spiro atoms. The molecule has 0 saturated heterocycles. The van der Waals surface area contributed by atoms with Crippen molar-refractivity contribution in [2.75, 3.05) is 12.4 Å². The zero-order chi connectivity index (χ0) is 17.3. The monoisotopic (exact) mass is 331 g/mol. The van der Waals surface area contributed by atoms with Crippen molar-refractivity contribution in [3.8, 4) is 11.4 Å². The Kier molecular flexibility index (Phi) is 4.15. The number of carbonyl (C=O) groups is 2. The van der Waals surface area contributed by atoms with Gasteiger partial charge in [-0.1, -0.05) is 0 Å². The molecule has 0 bridgehead atoms. The van der Waals surface area contributed by atoms with Crippen LogP contribution in [0.2, 0.25) is 0 Å². The largest absolute Gasteiger partial charge is 0.494 e. The Morgan fingerprint density at radius 1 is 1.33 bits per heavy atom. The van der Waals surface area contributed by atoms with E-state index in [0.717, 1.165) is 0 Å². The minimum absolute atomic E-state index is 0.293. The predicted octanol–water partition coefficient (Wildman–Crippen LogP) is 1.03. The van der Waals surface area contributed by atoms with Gasteiger partial charge in [0.25, 0.3) is 0 Å². The van der Waals surface area contributed by atoms with Crippen LogP contribution in [0.5, 0.6) is 5.75 Å². The van der Waals surface area contributed by atoms with Gasteiger partial charge in [-0.15, -0.1) is 5.10 Å². The number of aryl methyl sites for hydroxylation is 1. The Balaban J connectivity index is 1.83. The number of aliphatic carboxylic acids is 1. The zero-order valence-corrected chi connectivity index (χ0v) is 13.3. The maximum atomic E-state index is 12.3. The number of ether oxygens (including phenoxy) is 1. The van der Waals surface area contributed by atoms with Crippen molar-refractivity contribution >= 4 is 17.6 Å². The highest BCUT2D eigenvalue weighted by molar-refractivity contribution is 5.96. The number of carbonyl (C=O) groups excluding carboxylic acids is 1. The molecule has 1 aromatic carbocycles. The van der Waals surface area contributed by atoms with E-state index in [1.54, 1.807) is 25.1 Å². The lowest BCUT2D eigenvalue weighted by atomic mass is 9.73. The van der Waals surface area contributed by atoms with Crippen LogP contribution in [0.1, 0.15) is 18.7 Å². The molecule has 0 aliphatic heterocycles. The quantitative estimate of drug-likeness (QED) is 0.839. The molecule has 0 radical (unpaired) electrons. The Morgan fingerprint density at radius 2 is 2.08 bits per heavy atom. The number of carboxylic acids is 1. The maximum absolute atomic E-state index is 12.3. The van der Waals surface area contributed by atoms with Gasteiger partial charge in [0.1, 0.15) is 11.4 Å². The average Bonchev–Trinajstić information content (AvgIpc) is 2.91. The van der Waals surface area contributed by atoms with Gasteiger partial charge in [0, 0.05) is 5.69 Å². The molecular weight excluding hydrogens is 314 g/mol. The minimum Gasteiger partial charge on any atom is -0.494 e. The number of hydrogen-bond acceptors (Lipinski definition) is 6. The summed E-state index contributed by atoms with van der Waals surface area (Å²) in [6.07, 6.45) is 1.11. The molecule has 2 unspecified atom stereocenters. The molecule has 2 atom stereocenters. The van der Waals surface area contributed by atoms with E-state index < -0.39 is 17.8 Å². The Labute approximate surface area is 137 Å². The molecular formula is C15H17N5O4. The summed E-state index contributed by atoms with van der Waals surface area (Å²) in [6, 6.07) is 5.07. The van der Waals surface area contributed by atoms with Gasteiger partial charge in [0.2, 0.25) is 5.91 Å². The zero-order valence-electron chi connectivity index (χ0n) is 13.3. The second-order valence-electron chi connectivity index (χ2n) is 5.64. The standard InChI is InChI=1S/C15H17N5O4/c1-8-17-18-19-20(8)12-7-9(3-6-13(12)24-2)16-14(21)10-4-5-11(10)15(22)23/h3,6-7,10-11H,4-5H2,1-2H3,(H,16,21)(H,22,23). The number of amides is 1. The molecule has 1 heterocycles. The molecule has 1 aliphatic rings. The number of carboxylic acid groups (broad SMARTS) is 1. The normalized spacial score (nSPS) is 19.4. The molecule has 1 aromatic heterocycles. The molecule has 1 amide bonds. The highest BCUT2D eigenvalue weighted by atomic mass is 16.5. The van der Waals surface area contributed by atoms with Gasteiger partial charge in [-0.05, 0) is 48.4 Å². The number of hydrogen-bond donors (Lipinski definition) is 2. The summed E-state index contributed by atoms with van der Waals surface area (Å²) in [5.74, 6) is -1.20. The summed E-state index contributed by atoms with van der Waals surface area (Å²) in [5.41, 5.74) is 1.11. The summed E-state index contributed by atoms with van der Waals surface area (Å²) in [5, 5.41) is 23.2. The number of nitrogens with zero attached hydrogens (tertiary/aromatic N) is 4. The van der Waals surface area contributed by atoms with Crippen molar-refractivity contribution in [1.29, 1.82) is 0 Å². The first kappa shape index (κ1) is 15.9. The summed E-state index contributed by atoms with van der Waals surface area (Å²) in [6.45, 7) is 1.75. The molecule has 126 valence electrons. The van der Waals surface area contributed by atoms with Crippen LogP contribution in [0.25, 0.3) is 5.69 Å². The second kappa shape index (κ2) is 6.26. The van der Waals surface area contributed by atoms with E-state index >= 15 is 0 Å². The van der Waals surface area contributed by atoms with Crippen LogP contribution in [0, 0.1) is 18.8 Å². The van der Waals surface area contributed by atoms with Crippen LogP contribution < -0.4 is 10.1 Å². The van der Waals surface area contributed by atoms with Crippen molar-refractivity contribution in [2.45, 2.75) is 19.8 Å². The van der Waals surface area contributed by atoms with Crippen molar-refractivity contribution in [2.24, 2.45) is 11.8 Å². The van der Waals surface area contributed by atoms with E-state index in [9.17, 15) is 9.59 Å². The van der Waals surface area contributed by atoms with Crippen molar-refractivity contribution < 1.29 is 19.4 Å². The lowest BCUT2D eigenvalue weighted by molar-refractivity contribution is -0.151. The van der Waals surface area contributed by atoms with Gasteiger partial charge in [-0.2, -0.15) is 4.68 Å². The van der Waals surface area contributed by atoms with Crippen molar-refractivity contribution in [3.05, 3.63) is 24.0 Å². The van der Waals surface area contributed by atoms with E-state index in [-0.39, 0.29) is 5.91 Å².